The standard InChI is InChI=1S/C15H16FN/c1-11-4-3-5-15(12(11)2)17-10-13-6-8-14(16)9-7-13/h3-9,17H,10H2,1-2H3. The van der Waals surface area contributed by atoms with Gasteiger partial charge in [0.05, 0.1) is 0 Å². The van der Waals surface area contributed by atoms with Crippen LogP contribution >= 0.6 is 0 Å². The summed E-state index contributed by atoms with van der Waals surface area (Å²) in [6, 6.07) is 12.8. The van der Waals surface area contributed by atoms with Crippen LogP contribution in [0.15, 0.2) is 42.5 Å². The molecule has 2 aromatic carbocycles. The van der Waals surface area contributed by atoms with Gasteiger partial charge < -0.3 is 5.32 Å². The molecule has 0 fully saturated rings. The van der Waals surface area contributed by atoms with Crippen molar-refractivity contribution in [2.75, 3.05) is 5.32 Å². The van der Waals surface area contributed by atoms with E-state index in [2.05, 4.69) is 31.3 Å². The van der Waals surface area contributed by atoms with Crippen LogP contribution in [0, 0.1) is 19.7 Å². The van der Waals surface area contributed by atoms with Crippen molar-refractivity contribution in [1.82, 2.24) is 0 Å². The van der Waals surface area contributed by atoms with E-state index in [0.717, 1.165) is 11.3 Å². The first kappa shape index (κ1) is 11.6. The Morgan fingerprint density at radius 3 is 2.41 bits per heavy atom. The Hall–Kier alpha value is -1.83. The molecule has 17 heavy (non-hydrogen) atoms. The maximum Gasteiger partial charge on any atom is 0.123 e. The van der Waals surface area contributed by atoms with Gasteiger partial charge in [0.1, 0.15) is 5.82 Å². The van der Waals surface area contributed by atoms with E-state index in [1.807, 2.05) is 6.07 Å². The zero-order chi connectivity index (χ0) is 12.3. The SMILES string of the molecule is Cc1cccc(NCc2ccc(F)cc2)c1C. The van der Waals surface area contributed by atoms with Gasteiger partial charge in [-0.15, -0.1) is 0 Å². The van der Waals surface area contributed by atoms with E-state index in [4.69, 9.17) is 0 Å². The fourth-order valence-electron chi connectivity index (χ4n) is 1.74. The van der Waals surface area contributed by atoms with Crippen LogP contribution < -0.4 is 5.32 Å². The van der Waals surface area contributed by atoms with Crippen LogP contribution in [0.5, 0.6) is 0 Å². The summed E-state index contributed by atoms with van der Waals surface area (Å²) >= 11 is 0. The molecule has 0 saturated carbocycles. The van der Waals surface area contributed by atoms with E-state index in [1.54, 1.807) is 12.1 Å². The molecule has 2 heteroatoms. The first-order valence-electron chi connectivity index (χ1n) is 5.71. The summed E-state index contributed by atoms with van der Waals surface area (Å²) in [6.07, 6.45) is 0. The Morgan fingerprint density at radius 2 is 1.71 bits per heavy atom. The van der Waals surface area contributed by atoms with Gasteiger partial charge in [0.25, 0.3) is 0 Å². The maximum absolute atomic E-state index is 12.7. The molecular weight excluding hydrogens is 213 g/mol. The molecule has 0 radical (unpaired) electrons. The summed E-state index contributed by atoms with van der Waals surface area (Å²) in [4.78, 5) is 0. The van der Waals surface area contributed by atoms with Gasteiger partial charge in [-0.1, -0.05) is 24.3 Å². The molecule has 2 aromatic rings. The lowest BCUT2D eigenvalue weighted by Gasteiger charge is -2.11. The highest BCUT2D eigenvalue weighted by atomic mass is 19.1. The molecule has 1 nitrogen and oxygen atoms in total. The van der Waals surface area contributed by atoms with Gasteiger partial charge in [-0.05, 0) is 48.7 Å². The molecular formula is C15H16FN. The molecule has 0 saturated heterocycles. The highest BCUT2D eigenvalue weighted by Gasteiger charge is 2.00. The van der Waals surface area contributed by atoms with Crippen molar-refractivity contribution in [2.45, 2.75) is 20.4 Å². The highest BCUT2D eigenvalue weighted by Crippen LogP contribution is 2.18. The van der Waals surface area contributed by atoms with E-state index < -0.39 is 0 Å². The van der Waals surface area contributed by atoms with Crippen molar-refractivity contribution in [3.05, 3.63) is 65.0 Å². The molecule has 0 aromatic heterocycles. The quantitative estimate of drug-likeness (QED) is 0.837. The largest absolute Gasteiger partial charge is 0.381 e. The van der Waals surface area contributed by atoms with Crippen LogP contribution in [0.3, 0.4) is 0 Å². The predicted molar refractivity (Wildman–Crippen MR) is 69.6 cm³/mol. The van der Waals surface area contributed by atoms with E-state index in [1.165, 1.54) is 23.3 Å². The molecule has 0 aliphatic heterocycles. The lowest BCUT2D eigenvalue weighted by molar-refractivity contribution is 0.627. The smallest absolute Gasteiger partial charge is 0.123 e. The number of aryl methyl sites for hydroxylation is 1. The third kappa shape index (κ3) is 2.84. The average molecular weight is 229 g/mol. The fraction of sp³-hybridized carbons (Fsp3) is 0.200. The topological polar surface area (TPSA) is 12.0 Å². The molecule has 88 valence electrons. The summed E-state index contributed by atoms with van der Waals surface area (Å²) in [5, 5.41) is 3.37. The lowest BCUT2D eigenvalue weighted by atomic mass is 10.1. The Kier molecular flexibility index (Phi) is 3.43. The molecule has 0 aliphatic rings. The monoisotopic (exact) mass is 229 g/mol. The molecule has 0 spiro atoms. The first-order valence-corrected chi connectivity index (χ1v) is 5.71. The van der Waals surface area contributed by atoms with E-state index in [9.17, 15) is 4.39 Å². The predicted octanol–water partition coefficient (Wildman–Crippen LogP) is 4.05. The van der Waals surface area contributed by atoms with Crippen LogP contribution in [0.2, 0.25) is 0 Å². The second-order valence-electron chi connectivity index (χ2n) is 4.23. The summed E-state index contributed by atoms with van der Waals surface area (Å²) in [7, 11) is 0. The second kappa shape index (κ2) is 5.00. The first-order chi connectivity index (χ1) is 8.16. The molecule has 1 N–H and O–H groups in total. The zero-order valence-electron chi connectivity index (χ0n) is 10.1. The fourth-order valence-corrected chi connectivity index (χ4v) is 1.74. The third-order valence-electron chi connectivity index (χ3n) is 3.00. The molecule has 0 aliphatic carbocycles. The van der Waals surface area contributed by atoms with Gasteiger partial charge in [-0.3, -0.25) is 0 Å². The molecule has 0 atom stereocenters. The highest BCUT2D eigenvalue weighted by molar-refractivity contribution is 5.53. The average Bonchev–Trinajstić information content (AvgIpc) is 2.33. The van der Waals surface area contributed by atoms with Gasteiger partial charge in [0, 0.05) is 12.2 Å². The van der Waals surface area contributed by atoms with Crippen molar-refractivity contribution in [2.24, 2.45) is 0 Å². The minimum atomic E-state index is -0.194. The zero-order valence-corrected chi connectivity index (χ0v) is 10.1. The second-order valence-corrected chi connectivity index (χ2v) is 4.23. The van der Waals surface area contributed by atoms with Crippen LogP contribution in [-0.4, -0.2) is 0 Å². The number of nitrogens with one attached hydrogen (secondary N) is 1. The van der Waals surface area contributed by atoms with Crippen LogP contribution in [-0.2, 0) is 6.54 Å². The molecule has 0 heterocycles. The van der Waals surface area contributed by atoms with Gasteiger partial charge >= 0.3 is 0 Å². The van der Waals surface area contributed by atoms with Gasteiger partial charge in [-0.25, -0.2) is 4.39 Å². The number of anilines is 1. The van der Waals surface area contributed by atoms with Crippen molar-refractivity contribution in [3.8, 4) is 0 Å². The van der Waals surface area contributed by atoms with Crippen molar-refractivity contribution in [3.63, 3.8) is 0 Å². The van der Waals surface area contributed by atoms with Crippen LogP contribution in [0.25, 0.3) is 0 Å². The maximum atomic E-state index is 12.7. The van der Waals surface area contributed by atoms with Crippen LogP contribution in [0.4, 0.5) is 10.1 Å². The Balaban J connectivity index is 2.07. The molecule has 0 unspecified atom stereocenters. The molecule has 0 bridgehead atoms. The lowest BCUT2D eigenvalue weighted by Crippen LogP contribution is -2.01. The van der Waals surface area contributed by atoms with Gasteiger partial charge in [0.2, 0.25) is 0 Å². The minimum absolute atomic E-state index is 0.194. The molecule has 2 rings (SSSR count). The summed E-state index contributed by atoms with van der Waals surface area (Å²) in [5.41, 5.74) is 4.74. The number of benzene rings is 2. The number of halogens is 1. The summed E-state index contributed by atoms with van der Waals surface area (Å²) in [5.74, 6) is -0.194. The minimum Gasteiger partial charge on any atom is -0.381 e. The van der Waals surface area contributed by atoms with Crippen molar-refractivity contribution >= 4 is 5.69 Å². The number of hydrogen-bond acceptors (Lipinski definition) is 1. The Labute approximate surface area is 101 Å². The number of rotatable bonds is 3. The molecule has 0 amide bonds. The van der Waals surface area contributed by atoms with Gasteiger partial charge in [-0.2, -0.15) is 0 Å². The summed E-state index contributed by atoms with van der Waals surface area (Å²) in [6.45, 7) is 4.91. The Bertz CT molecular complexity index is 503. The number of hydrogen-bond donors (Lipinski definition) is 1. The van der Waals surface area contributed by atoms with E-state index in [-0.39, 0.29) is 5.82 Å². The normalized spacial score (nSPS) is 10.3. The summed E-state index contributed by atoms with van der Waals surface area (Å²) < 4.78 is 12.7. The van der Waals surface area contributed by atoms with Crippen molar-refractivity contribution < 1.29 is 4.39 Å². The van der Waals surface area contributed by atoms with Crippen LogP contribution in [0.1, 0.15) is 16.7 Å². The Morgan fingerprint density at radius 1 is 1.00 bits per heavy atom. The van der Waals surface area contributed by atoms with Gasteiger partial charge in [0.15, 0.2) is 0 Å². The van der Waals surface area contributed by atoms with E-state index >= 15 is 0 Å². The third-order valence-corrected chi connectivity index (χ3v) is 3.00. The van der Waals surface area contributed by atoms with Crippen molar-refractivity contribution in [1.29, 1.82) is 0 Å². The van der Waals surface area contributed by atoms with E-state index in [0.29, 0.717) is 6.54 Å².